The van der Waals surface area contributed by atoms with Gasteiger partial charge in [0, 0.05) is 25.5 Å². The molecule has 5 nitrogen and oxygen atoms in total. The molecule has 1 aromatic carbocycles. The Bertz CT molecular complexity index is 669. The highest BCUT2D eigenvalue weighted by atomic mass is 16.5. The molecule has 1 spiro atoms. The molecular formula is C17H19NO4. The lowest BCUT2D eigenvalue weighted by atomic mass is 9.84. The maximum atomic E-state index is 12.5. The van der Waals surface area contributed by atoms with Gasteiger partial charge in [-0.25, -0.2) is 0 Å². The quantitative estimate of drug-likeness (QED) is 0.855. The number of ether oxygens (including phenoxy) is 2. The summed E-state index contributed by atoms with van der Waals surface area (Å²) in [7, 11) is 1.74. The lowest BCUT2D eigenvalue weighted by Gasteiger charge is -2.52. The predicted molar refractivity (Wildman–Crippen MR) is 80.8 cm³/mol. The number of likely N-dealkylation sites (tertiary alicyclic amines) is 1. The minimum Gasteiger partial charge on any atom is -0.451 e. The Kier molecular flexibility index (Phi) is 3.20. The van der Waals surface area contributed by atoms with E-state index < -0.39 is 0 Å². The van der Waals surface area contributed by atoms with Gasteiger partial charge in [-0.15, -0.1) is 0 Å². The molecule has 1 atom stereocenters. The van der Waals surface area contributed by atoms with E-state index in [-0.39, 0.29) is 17.6 Å². The number of hydrogen-bond donors (Lipinski definition) is 0. The van der Waals surface area contributed by atoms with Gasteiger partial charge in [-0.3, -0.25) is 4.79 Å². The smallest absolute Gasteiger partial charge is 0.289 e. The number of hydrogen-bond acceptors (Lipinski definition) is 4. The van der Waals surface area contributed by atoms with Crippen molar-refractivity contribution in [2.24, 2.45) is 0 Å². The van der Waals surface area contributed by atoms with Crippen molar-refractivity contribution in [3.05, 3.63) is 36.1 Å². The standard InChI is InChI=1S/C17H19NO4/c1-20-13-6-7-21-17(9-13)10-18(11-17)16(19)15-8-12-4-2-3-5-14(12)22-15/h2-5,8,13H,6-7,9-11H2,1H3. The summed E-state index contributed by atoms with van der Waals surface area (Å²) in [5, 5.41) is 0.953. The monoisotopic (exact) mass is 301 g/mol. The molecule has 1 unspecified atom stereocenters. The number of fused-ring (bicyclic) bond motifs is 1. The SMILES string of the molecule is COC1CCOC2(C1)CN(C(=O)c1cc3ccccc3o1)C2. The van der Waals surface area contributed by atoms with Crippen molar-refractivity contribution in [3.8, 4) is 0 Å². The number of carbonyl (C=O) groups excluding carboxylic acids is 1. The van der Waals surface area contributed by atoms with E-state index in [9.17, 15) is 4.79 Å². The van der Waals surface area contributed by atoms with Crippen LogP contribution in [0.2, 0.25) is 0 Å². The number of nitrogens with zero attached hydrogens (tertiary/aromatic N) is 1. The van der Waals surface area contributed by atoms with Crippen LogP contribution < -0.4 is 0 Å². The molecule has 5 heteroatoms. The number of rotatable bonds is 2. The summed E-state index contributed by atoms with van der Waals surface area (Å²) in [6.45, 7) is 1.93. The summed E-state index contributed by atoms with van der Waals surface area (Å²) < 4.78 is 17.0. The van der Waals surface area contributed by atoms with Gasteiger partial charge >= 0.3 is 0 Å². The van der Waals surface area contributed by atoms with Crippen molar-refractivity contribution in [1.29, 1.82) is 0 Å². The van der Waals surface area contributed by atoms with E-state index in [4.69, 9.17) is 13.9 Å². The lowest BCUT2D eigenvalue weighted by Crippen LogP contribution is -2.67. The largest absolute Gasteiger partial charge is 0.451 e. The van der Waals surface area contributed by atoms with Crippen molar-refractivity contribution >= 4 is 16.9 Å². The molecule has 1 aromatic heterocycles. The van der Waals surface area contributed by atoms with Gasteiger partial charge in [0.05, 0.1) is 19.2 Å². The van der Waals surface area contributed by atoms with Crippen molar-refractivity contribution < 1.29 is 18.7 Å². The molecule has 4 rings (SSSR count). The molecule has 0 aliphatic carbocycles. The average molecular weight is 301 g/mol. The van der Waals surface area contributed by atoms with Crippen molar-refractivity contribution in [2.75, 3.05) is 26.8 Å². The van der Waals surface area contributed by atoms with Crippen molar-refractivity contribution in [2.45, 2.75) is 24.5 Å². The highest BCUT2D eigenvalue weighted by Gasteiger charge is 2.50. The van der Waals surface area contributed by atoms with Crippen LogP contribution in [0.4, 0.5) is 0 Å². The zero-order valence-electron chi connectivity index (χ0n) is 12.6. The first-order chi connectivity index (χ1) is 10.7. The third kappa shape index (κ3) is 2.21. The fraction of sp³-hybridized carbons (Fsp3) is 0.471. The number of furan rings is 1. The zero-order chi connectivity index (χ0) is 15.2. The molecule has 2 aromatic rings. The second kappa shape index (κ2) is 5.11. The first-order valence-corrected chi connectivity index (χ1v) is 7.64. The van der Waals surface area contributed by atoms with Crippen LogP contribution in [-0.2, 0) is 9.47 Å². The molecule has 3 heterocycles. The van der Waals surface area contributed by atoms with Gasteiger partial charge in [-0.05, 0) is 18.6 Å². The Balaban J connectivity index is 1.47. The molecule has 0 bridgehead atoms. The number of carbonyl (C=O) groups is 1. The lowest BCUT2D eigenvalue weighted by molar-refractivity contribution is -0.182. The van der Waals surface area contributed by atoms with Crippen LogP contribution in [-0.4, -0.2) is 49.3 Å². The van der Waals surface area contributed by atoms with E-state index in [0.717, 1.165) is 23.8 Å². The van der Waals surface area contributed by atoms with Crippen LogP contribution >= 0.6 is 0 Å². The third-order valence-corrected chi connectivity index (χ3v) is 4.66. The van der Waals surface area contributed by atoms with Crippen LogP contribution in [0.5, 0.6) is 0 Å². The molecule has 2 aliphatic rings. The number of methoxy groups -OCH3 is 1. The Morgan fingerprint density at radius 2 is 2.18 bits per heavy atom. The Morgan fingerprint density at radius 3 is 2.95 bits per heavy atom. The zero-order valence-corrected chi connectivity index (χ0v) is 12.6. The number of para-hydroxylation sites is 1. The second-order valence-corrected chi connectivity index (χ2v) is 6.19. The molecule has 0 saturated carbocycles. The predicted octanol–water partition coefficient (Wildman–Crippen LogP) is 2.45. The van der Waals surface area contributed by atoms with E-state index in [1.54, 1.807) is 12.0 Å². The van der Waals surface area contributed by atoms with Crippen LogP contribution in [0.15, 0.2) is 34.7 Å². The summed E-state index contributed by atoms with van der Waals surface area (Å²) in [5.41, 5.74) is 0.523. The average Bonchev–Trinajstić information content (AvgIpc) is 2.96. The Labute approximate surface area is 128 Å². The molecule has 2 aliphatic heterocycles. The minimum absolute atomic E-state index is 0.0648. The van der Waals surface area contributed by atoms with Gasteiger partial charge in [-0.2, -0.15) is 0 Å². The van der Waals surface area contributed by atoms with Gasteiger partial charge in [0.15, 0.2) is 5.76 Å². The summed E-state index contributed by atoms with van der Waals surface area (Å²) in [5.74, 6) is 0.333. The fourth-order valence-corrected chi connectivity index (χ4v) is 3.44. The van der Waals surface area contributed by atoms with Crippen molar-refractivity contribution in [3.63, 3.8) is 0 Å². The van der Waals surface area contributed by atoms with Gasteiger partial charge in [0.25, 0.3) is 5.91 Å². The molecule has 0 N–H and O–H groups in total. The highest BCUT2D eigenvalue weighted by molar-refractivity contribution is 5.96. The molecule has 2 fully saturated rings. The molecule has 0 radical (unpaired) electrons. The summed E-state index contributed by atoms with van der Waals surface area (Å²) >= 11 is 0. The minimum atomic E-state index is -0.222. The Hall–Kier alpha value is -1.85. The highest BCUT2D eigenvalue weighted by Crippen LogP contribution is 2.36. The number of amides is 1. The summed E-state index contributed by atoms with van der Waals surface area (Å²) in [6, 6.07) is 9.46. The summed E-state index contributed by atoms with van der Waals surface area (Å²) in [4.78, 5) is 14.3. The van der Waals surface area contributed by atoms with E-state index in [2.05, 4.69) is 0 Å². The second-order valence-electron chi connectivity index (χ2n) is 6.19. The topological polar surface area (TPSA) is 51.9 Å². The van der Waals surface area contributed by atoms with Crippen molar-refractivity contribution in [1.82, 2.24) is 4.90 Å². The Morgan fingerprint density at radius 1 is 1.36 bits per heavy atom. The van der Waals surface area contributed by atoms with Crippen LogP contribution in [0, 0.1) is 0 Å². The van der Waals surface area contributed by atoms with Crippen LogP contribution in [0.1, 0.15) is 23.4 Å². The number of benzene rings is 1. The van der Waals surface area contributed by atoms with Gasteiger partial charge in [0.2, 0.25) is 0 Å². The first kappa shape index (κ1) is 13.8. The summed E-state index contributed by atoms with van der Waals surface area (Å²) in [6.07, 6.45) is 2.01. The van der Waals surface area contributed by atoms with Gasteiger partial charge in [0.1, 0.15) is 11.2 Å². The van der Waals surface area contributed by atoms with E-state index in [1.165, 1.54) is 0 Å². The van der Waals surface area contributed by atoms with E-state index in [0.29, 0.717) is 25.5 Å². The molecule has 1 amide bonds. The third-order valence-electron chi connectivity index (χ3n) is 4.66. The maximum Gasteiger partial charge on any atom is 0.289 e. The normalized spacial score (nSPS) is 23.7. The van der Waals surface area contributed by atoms with Crippen LogP contribution in [0.3, 0.4) is 0 Å². The van der Waals surface area contributed by atoms with Gasteiger partial charge in [-0.1, -0.05) is 18.2 Å². The fourth-order valence-electron chi connectivity index (χ4n) is 3.44. The van der Waals surface area contributed by atoms with Crippen LogP contribution in [0.25, 0.3) is 11.0 Å². The van der Waals surface area contributed by atoms with Gasteiger partial charge < -0.3 is 18.8 Å². The van der Waals surface area contributed by atoms with E-state index >= 15 is 0 Å². The molecular weight excluding hydrogens is 282 g/mol. The molecule has 116 valence electrons. The molecule has 2 saturated heterocycles. The molecule has 22 heavy (non-hydrogen) atoms. The maximum absolute atomic E-state index is 12.5. The van der Waals surface area contributed by atoms with E-state index in [1.807, 2.05) is 30.3 Å². The first-order valence-electron chi connectivity index (χ1n) is 7.64.